The highest BCUT2D eigenvalue weighted by Gasteiger charge is 2.04. The molecule has 1 nitrogen and oxygen atoms in total. The van der Waals surface area contributed by atoms with Crippen molar-refractivity contribution in [1.29, 1.82) is 0 Å². The van der Waals surface area contributed by atoms with E-state index in [0.29, 0.717) is 0 Å². The molecule has 1 unspecified atom stereocenters. The quantitative estimate of drug-likeness (QED) is 0.715. The van der Waals surface area contributed by atoms with E-state index in [-0.39, 0.29) is 5.92 Å². The smallest absolute Gasteiger partial charge is 0.127 e. The normalized spacial score (nSPS) is 12.3. The van der Waals surface area contributed by atoms with Crippen LogP contribution in [0.3, 0.4) is 0 Å². The lowest BCUT2D eigenvalue weighted by Gasteiger charge is -2.04. The third kappa shape index (κ3) is 2.16. The minimum absolute atomic E-state index is 0.0117. The summed E-state index contributed by atoms with van der Waals surface area (Å²) in [6.07, 6.45) is 0.972. The molecule has 0 bridgehead atoms. The highest BCUT2D eigenvalue weighted by molar-refractivity contribution is 7.13. The number of hydrogen-bond donors (Lipinski definition) is 0. The first-order valence-electron chi connectivity index (χ1n) is 4.90. The number of aldehydes is 1. The Morgan fingerprint density at radius 1 is 1.20 bits per heavy atom. The standard InChI is InChI=1S/C13H12OS/c1-10(9-14)11-4-6-12(7-5-11)13-3-2-8-15-13/h2-10H,1H3. The maximum absolute atomic E-state index is 10.6. The van der Waals surface area contributed by atoms with Crippen molar-refractivity contribution in [1.82, 2.24) is 0 Å². The van der Waals surface area contributed by atoms with E-state index in [4.69, 9.17) is 0 Å². The van der Waals surface area contributed by atoms with Crippen LogP contribution in [0.25, 0.3) is 10.4 Å². The third-order valence-corrected chi connectivity index (χ3v) is 3.37. The molecule has 76 valence electrons. The second kappa shape index (κ2) is 4.41. The number of carbonyl (C=O) groups excluding carboxylic acids is 1. The second-order valence-electron chi connectivity index (χ2n) is 3.52. The third-order valence-electron chi connectivity index (χ3n) is 2.45. The minimum atomic E-state index is -0.0117. The predicted molar refractivity (Wildman–Crippen MR) is 64.2 cm³/mol. The molecule has 0 spiro atoms. The van der Waals surface area contributed by atoms with E-state index >= 15 is 0 Å². The van der Waals surface area contributed by atoms with Crippen molar-refractivity contribution >= 4 is 17.6 Å². The van der Waals surface area contributed by atoms with Crippen LogP contribution in [0.15, 0.2) is 41.8 Å². The zero-order valence-corrected chi connectivity index (χ0v) is 9.33. The van der Waals surface area contributed by atoms with Gasteiger partial charge in [-0.2, -0.15) is 0 Å². The van der Waals surface area contributed by atoms with Crippen LogP contribution >= 0.6 is 11.3 Å². The van der Waals surface area contributed by atoms with Gasteiger partial charge in [0.25, 0.3) is 0 Å². The van der Waals surface area contributed by atoms with E-state index in [1.54, 1.807) is 11.3 Å². The van der Waals surface area contributed by atoms with Crippen molar-refractivity contribution in [2.75, 3.05) is 0 Å². The molecule has 0 saturated heterocycles. The van der Waals surface area contributed by atoms with Gasteiger partial charge in [-0.15, -0.1) is 11.3 Å². The highest BCUT2D eigenvalue weighted by atomic mass is 32.1. The Kier molecular flexibility index (Phi) is 2.97. The molecule has 2 rings (SSSR count). The summed E-state index contributed by atoms with van der Waals surface area (Å²) >= 11 is 1.73. The zero-order chi connectivity index (χ0) is 10.7. The van der Waals surface area contributed by atoms with Gasteiger partial charge in [0.15, 0.2) is 0 Å². The fraction of sp³-hybridized carbons (Fsp3) is 0.154. The molecule has 1 atom stereocenters. The van der Waals surface area contributed by atoms with Gasteiger partial charge in [0.1, 0.15) is 6.29 Å². The van der Waals surface area contributed by atoms with Gasteiger partial charge in [-0.05, 0) is 22.6 Å². The first-order chi connectivity index (χ1) is 7.31. The van der Waals surface area contributed by atoms with Gasteiger partial charge in [0.2, 0.25) is 0 Å². The number of hydrogen-bond acceptors (Lipinski definition) is 2. The van der Waals surface area contributed by atoms with Gasteiger partial charge < -0.3 is 4.79 Å². The molecule has 0 radical (unpaired) electrons. The van der Waals surface area contributed by atoms with Crippen molar-refractivity contribution in [3.8, 4) is 10.4 Å². The average Bonchev–Trinajstić information content (AvgIpc) is 2.82. The first kappa shape index (κ1) is 10.1. The van der Waals surface area contributed by atoms with E-state index in [0.717, 1.165) is 11.8 Å². The Morgan fingerprint density at radius 3 is 2.47 bits per heavy atom. The molecule has 0 aliphatic carbocycles. The van der Waals surface area contributed by atoms with E-state index < -0.39 is 0 Å². The minimum Gasteiger partial charge on any atom is -0.303 e. The molecule has 0 amide bonds. The fourth-order valence-corrected chi connectivity index (χ4v) is 2.21. The maximum Gasteiger partial charge on any atom is 0.127 e. The fourth-order valence-electron chi connectivity index (χ4n) is 1.47. The Bertz CT molecular complexity index is 428. The van der Waals surface area contributed by atoms with Crippen molar-refractivity contribution in [2.24, 2.45) is 0 Å². The first-order valence-corrected chi connectivity index (χ1v) is 5.78. The summed E-state index contributed by atoms with van der Waals surface area (Å²) in [4.78, 5) is 11.9. The molecule has 1 aromatic heterocycles. The monoisotopic (exact) mass is 216 g/mol. The van der Waals surface area contributed by atoms with Gasteiger partial charge in [-0.25, -0.2) is 0 Å². The summed E-state index contributed by atoms with van der Waals surface area (Å²) in [5.74, 6) is -0.0117. The molecular weight excluding hydrogens is 204 g/mol. The van der Waals surface area contributed by atoms with Crippen LogP contribution < -0.4 is 0 Å². The Labute approximate surface area is 93.4 Å². The summed E-state index contributed by atoms with van der Waals surface area (Å²) in [5.41, 5.74) is 2.29. The number of thiophene rings is 1. The van der Waals surface area contributed by atoms with Gasteiger partial charge in [0, 0.05) is 10.8 Å². The molecule has 1 heterocycles. The maximum atomic E-state index is 10.6. The van der Waals surface area contributed by atoms with E-state index in [9.17, 15) is 4.79 Å². The SMILES string of the molecule is CC(C=O)c1ccc(-c2cccs2)cc1. The van der Waals surface area contributed by atoms with Gasteiger partial charge in [-0.1, -0.05) is 37.3 Å². The molecule has 2 heteroatoms. The predicted octanol–water partition coefficient (Wildman–Crippen LogP) is 3.72. The van der Waals surface area contributed by atoms with Gasteiger partial charge in [-0.3, -0.25) is 0 Å². The lowest BCUT2D eigenvalue weighted by Crippen LogP contribution is -1.93. The Hall–Kier alpha value is -1.41. The van der Waals surface area contributed by atoms with E-state index in [2.05, 4.69) is 23.6 Å². The summed E-state index contributed by atoms with van der Waals surface area (Å²) < 4.78 is 0. The summed E-state index contributed by atoms with van der Waals surface area (Å²) in [5, 5.41) is 2.07. The molecule has 0 N–H and O–H groups in total. The summed E-state index contributed by atoms with van der Waals surface area (Å²) in [7, 11) is 0. The topological polar surface area (TPSA) is 17.1 Å². The van der Waals surface area contributed by atoms with Crippen LogP contribution in [0.1, 0.15) is 18.4 Å². The molecule has 0 aliphatic rings. The number of rotatable bonds is 3. The summed E-state index contributed by atoms with van der Waals surface area (Å²) in [6, 6.07) is 12.3. The highest BCUT2D eigenvalue weighted by Crippen LogP contribution is 2.25. The molecule has 0 fully saturated rings. The van der Waals surface area contributed by atoms with E-state index in [1.165, 1.54) is 10.4 Å². The van der Waals surface area contributed by atoms with Crippen molar-refractivity contribution < 1.29 is 4.79 Å². The molecule has 0 saturated carbocycles. The van der Waals surface area contributed by atoms with Gasteiger partial charge >= 0.3 is 0 Å². The van der Waals surface area contributed by atoms with Crippen molar-refractivity contribution in [3.63, 3.8) is 0 Å². The average molecular weight is 216 g/mol. The molecular formula is C13H12OS. The molecule has 1 aromatic carbocycles. The zero-order valence-electron chi connectivity index (χ0n) is 8.51. The Morgan fingerprint density at radius 2 is 1.93 bits per heavy atom. The van der Waals surface area contributed by atoms with Crippen LogP contribution in [0.2, 0.25) is 0 Å². The Balaban J connectivity index is 2.28. The number of benzene rings is 1. The lowest BCUT2D eigenvalue weighted by molar-refractivity contribution is -0.108. The van der Waals surface area contributed by atoms with Gasteiger partial charge in [0.05, 0.1) is 0 Å². The molecule has 15 heavy (non-hydrogen) atoms. The van der Waals surface area contributed by atoms with Crippen molar-refractivity contribution in [2.45, 2.75) is 12.8 Å². The van der Waals surface area contributed by atoms with Crippen LogP contribution in [-0.2, 0) is 4.79 Å². The lowest BCUT2D eigenvalue weighted by atomic mass is 10.0. The van der Waals surface area contributed by atoms with Crippen LogP contribution in [-0.4, -0.2) is 6.29 Å². The van der Waals surface area contributed by atoms with Crippen LogP contribution in [0, 0.1) is 0 Å². The molecule has 0 aliphatic heterocycles. The van der Waals surface area contributed by atoms with E-state index in [1.807, 2.05) is 25.1 Å². The number of carbonyl (C=O) groups is 1. The second-order valence-corrected chi connectivity index (χ2v) is 4.47. The largest absolute Gasteiger partial charge is 0.303 e. The van der Waals surface area contributed by atoms with Crippen LogP contribution in [0.4, 0.5) is 0 Å². The summed E-state index contributed by atoms with van der Waals surface area (Å²) in [6.45, 7) is 1.91. The van der Waals surface area contributed by atoms with Crippen molar-refractivity contribution in [3.05, 3.63) is 47.3 Å². The molecule has 2 aromatic rings. The van der Waals surface area contributed by atoms with Crippen LogP contribution in [0.5, 0.6) is 0 Å².